The van der Waals surface area contributed by atoms with Gasteiger partial charge in [-0.3, -0.25) is 4.79 Å². The molecule has 0 aliphatic carbocycles. The molecule has 0 spiro atoms. The lowest BCUT2D eigenvalue weighted by Gasteiger charge is -2.27. The Morgan fingerprint density at radius 1 is 1.14 bits per heavy atom. The van der Waals surface area contributed by atoms with Crippen LogP contribution in [-0.2, 0) is 11.2 Å². The molecule has 1 aromatic heterocycles. The Morgan fingerprint density at radius 2 is 1.89 bits per heavy atom. The molecule has 4 rings (SSSR count). The van der Waals surface area contributed by atoms with Crippen LogP contribution in [0.4, 0.5) is 5.95 Å². The van der Waals surface area contributed by atoms with Gasteiger partial charge < -0.3 is 10.1 Å². The van der Waals surface area contributed by atoms with Gasteiger partial charge in [-0.25, -0.2) is 0 Å². The van der Waals surface area contributed by atoms with Crippen molar-refractivity contribution in [2.75, 3.05) is 11.9 Å². The van der Waals surface area contributed by atoms with Gasteiger partial charge in [0.15, 0.2) is 5.78 Å². The molecule has 7 heteroatoms. The highest BCUT2D eigenvalue weighted by molar-refractivity contribution is 5.96. The number of tetrazole rings is 1. The van der Waals surface area contributed by atoms with Crippen LogP contribution < -0.4 is 10.1 Å². The molecule has 28 heavy (non-hydrogen) atoms. The largest absolute Gasteiger partial charge is 0.493 e. The summed E-state index contributed by atoms with van der Waals surface area (Å²) in [6.45, 7) is 4.03. The molecule has 7 nitrogen and oxygen atoms in total. The van der Waals surface area contributed by atoms with Crippen LogP contribution in [-0.4, -0.2) is 32.6 Å². The number of ether oxygens (including phenoxy) is 1. The average Bonchev–Trinajstić information content (AvgIpc) is 3.16. The molecule has 3 aromatic rings. The Morgan fingerprint density at radius 3 is 2.61 bits per heavy atom. The molecule has 1 aliphatic heterocycles. The van der Waals surface area contributed by atoms with Gasteiger partial charge in [0.05, 0.1) is 6.61 Å². The van der Waals surface area contributed by atoms with E-state index in [9.17, 15) is 4.79 Å². The Labute approximate surface area is 163 Å². The standard InChI is InChI=1S/C21H21N5O2/c1-14-19(15(2)27)20(26-21(22-14)23-24-25-26)17-8-10-18(11-9-17)28-13-12-16-6-4-3-5-7-16/h3-11,20H,12-13H2,1-2H3,(H,22,23,25). The Kier molecular flexibility index (Phi) is 4.89. The van der Waals surface area contributed by atoms with Crippen LogP contribution in [0.1, 0.15) is 31.0 Å². The minimum atomic E-state index is -0.359. The van der Waals surface area contributed by atoms with E-state index in [1.807, 2.05) is 49.4 Å². The van der Waals surface area contributed by atoms with E-state index >= 15 is 0 Å². The molecular formula is C21H21N5O2. The maximum absolute atomic E-state index is 12.3. The number of aromatic nitrogens is 4. The lowest BCUT2D eigenvalue weighted by atomic mass is 9.93. The van der Waals surface area contributed by atoms with E-state index in [1.165, 1.54) is 5.56 Å². The van der Waals surface area contributed by atoms with Crippen molar-refractivity contribution in [3.8, 4) is 5.75 Å². The number of nitrogens with zero attached hydrogens (tertiary/aromatic N) is 4. The van der Waals surface area contributed by atoms with Crippen molar-refractivity contribution >= 4 is 11.7 Å². The molecule has 2 heterocycles. The highest BCUT2D eigenvalue weighted by Crippen LogP contribution is 2.35. The number of rotatable bonds is 6. The van der Waals surface area contributed by atoms with Crippen LogP contribution in [0.5, 0.6) is 5.75 Å². The van der Waals surface area contributed by atoms with Crippen molar-refractivity contribution in [2.45, 2.75) is 26.3 Å². The van der Waals surface area contributed by atoms with Crippen molar-refractivity contribution < 1.29 is 9.53 Å². The SMILES string of the molecule is CC(=O)C1=C(C)Nc2nnnn2C1c1ccc(OCCc2ccccc2)cc1. The summed E-state index contributed by atoms with van der Waals surface area (Å²) in [7, 11) is 0. The quantitative estimate of drug-likeness (QED) is 0.713. The summed E-state index contributed by atoms with van der Waals surface area (Å²) in [5, 5.41) is 14.9. The minimum Gasteiger partial charge on any atom is -0.493 e. The maximum Gasteiger partial charge on any atom is 0.248 e. The number of anilines is 1. The van der Waals surface area contributed by atoms with Crippen LogP contribution in [0.15, 0.2) is 65.9 Å². The summed E-state index contributed by atoms with van der Waals surface area (Å²) in [4.78, 5) is 12.3. The van der Waals surface area contributed by atoms with Gasteiger partial charge in [-0.15, -0.1) is 0 Å². The van der Waals surface area contributed by atoms with Gasteiger partial charge in [-0.05, 0) is 47.5 Å². The molecular weight excluding hydrogens is 354 g/mol. The van der Waals surface area contributed by atoms with Crippen LogP contribution in [0, 0.1) is 0 Å². The zero-order valence-corrected chi connectivity index (χ0v) is 15.8. The third-order valence-electron chi connectivity index (χ3n) is 4.79. The second-order valence-corrected chi connectivity index (χ2v) is 6.72. The summed E-state index contributed by atoms with van der Waals surface area (Å²) in [6.07, 6.45) is 0.849. The normalized spacial score (nSPS) is 15.7. The molecule has 1 atom stereocenters. The van der Waals surface area contributed by atoms with Crippen LogP contribution in [0.3, 0.4) is 0 Å². The van der Waals surface area contributed by atoms with Crippen molar-refractivity contribution in [1.82, 2.24) is 20.2 Å². The number of carbonyl (C=O) groups is 1. The molecule has 0 amide bonds. The Bertz CT molecular complexity index is 1010. The molecule has 142 valence electrons. The average molecular weight is 375 g/mol. The molecule has 2 aromatic carbocycles. The van der Waals surface area contributed by atoms with E-state index < -0.39 is 0 Å². The van der Waals surface area contributed by atoms with E-state index in [0.29, 0.717) is 18.1 Å². The lowest BCUT2D eigenvalue weighted by Crippen LogP contribution is -2.27. The van der Waals surface area contributed by atoms with Gasteiger partial charge in [0.1, 0.15) is 11.8 Å². The summed E-state index contributed by atoms with van der Waals surface area (Å²) >= 11 is 0. The first kappa shape index (κ1) is 17.9. The molecule has 0 radical (unpaired) electrons. The first-order chi connectivity index (χ1) is 13.6. The van der Waals surface area contributed by atoms with E-state index in [-0.39, 0.29) is 11.8 Å². The van der Waals surface area contributed by atoms with Gasteiger partial charge in [0, 0.05) is 17.7 Å². The Hall–Kier alpha value is -3.48. The summed E-state index contributed by atoms with van der Waals surface area (Å²) in [5.41, 5.74) is 3.59. The number of hydrogen-bond acceptors (Lipinski definition) is 6. The van der Waals surface area contributed by atoms with Crippen molar-refractivity contribution in [3.63, 3.8) is 0 Å². The number of ketones is 1. The zero-order chi connectivity index (χ0) is 19.5. The highest BCUT2D eigenvalue weighted by atomic mass is 16.5. The number of allylic oxidation sites excluding steroid dienone is 2. The second-order valence-electron chi connectivity index (χ2n) is 6.72. The van der Waals surface area contributed by atoms with Crippen LogP contribution in [0.25, 0.3) is 0 Å². The fraction of sp³-hybridized carbons (Fsp3) is 0.238. The number of fused-ring (bicyclic) bond motifs is 1. The smallest absolute Gasteiger partial charge is 0.248 e. The van der Waals surface area contributed by atoms with Crippen molar-refractivity contribution in [1.29, 1.82) is 0 Å². The van der Waals surface area contributed by atoms with Crippen molar-refractivity contribution in [3.05, 3.63) is 77.0 Å². The van der Waals surface area contributed by atoms with Gasteiger partial charge in [0.2, 0.25) is 5.95 Å². The molecule has 1 aliphatic rings. The Balaban J connectivity index is 1.52. The van der Waals surface area contributed by atoms with Crippen LogP contribution >= 0.6 is 0 Å². The van der Waals surface area contributed by atoms with Gasteiger partial charge in [0.25, 0.3) is 0 Å². The summed E-state index contributed by atoms with van der Waals surface area (Å²) in [6, 6.07) is 17.6. The topological polar surface area (TPSA) is 81.9 Å². The third kappa shape index (κ3) is 3.51. The monoisotopic (exact) mass is 375 g/mol. The summed E-state index contributed by atoms with van der Waals surface area (Å²) in [5.74, 6) is 1.30. The van der Waals surface area contributed by atoms with E-state index in [0.717, 1.165) is 23.4 Å². The number of hydrogen-bond donors (Lipinski definition) is 1. The fourth-order valence-corrected chi connectivity index (χ4v) is 3.45. The van der Waals surface area contributed by atoms with Gasteiger partial charge >= 0.3 is 0 Å². The third-order valence-corrected chi connectivity index (χ3v) is 4.79. The maximum atomic E-state index is 12.3. The number of nitrogens with one attached hydrogen (secondary N) is 1. The lowest BCUT2D eigenvalue weighted by molar-refractivity contribution is -0.114. The van der Waals surface area contributed by atoms with E-state index in [2.05, 4.69) is 33.0 Å². The van der Waals surface area contributed by atoms with E-state index in [1.54, 1.807) is 11.6 Å². The minimum absolute atomic E-state index is 0.0145. The fourth-order valence-electron chi connectivity index (χ4n) is 3.45. The number of Topliss-reactive ketones (excluding diaryl/α,β-unsaturated/α-hetero) is 1. The molecule has 0 saturated heterocycles. The molecule has 1 N–H and O–H groups in total. The van der Waals surface area contributed by atoms with Gasteiger partial charge in [-0.1, -0.05) is 47.6 Å². The summed E-state index contributed by atoms with van der Waals surface area (Å²) < 4.78 is 7.50. The molecule has 0 bridgehead atoms. The van der Waals surface area contributed by atoms with E-state index in [4.69, 9.17) is 4.74 Å². The predicted molar refractivity (Wildman–Crippen MR) is 105 cm³/mol. The number of benzene rings is 2. The number of carbonyl (C=O) groups excluding carboxylic acids is 1. The first-order valence-corrected chi connectivity index (χ1v) is 9.17. The van der Waals surface area contributed by atoms with Gasteiger partial charge in [-0.2, -0.15) is 4.68 Å². The molecule has 1 unspecified atom stereocenters. The second kappa shape index (κ2) is 7.64. The van der Waals surface area contributed by atoms with Crippen molar-refractivity contribution in [2.24, 2.45) is 0 Å². The zero-order valence-electron chi connectivity index (χ0n) is 15.8. The molecule has 0 saturated carbocycles. The predicted octanol–water partition coefficient (Wildman–Crippen LogP) is 3.17. The first-order valence-electron chi connectivity index (χ1n) is 9.17. The van der Waals surface area contributed by atoms with Crippen LogP contribution in [0.2, 0.25) is 0 Å². The molecule has 0 fully saturated rings. The highest BCUT2D eigenvalue weighted by Gasteiger charge is 2.32.